The summed E-state index contributed by atoms with van der Waals surface area (Å²) in [5, 5.41) is 10.3. The van der Waals surface area contributed by atoms with E-state index in [0.717, 1.165) is 16.9 Å². The lowest BCUT2D eigenvalue weighted by molar-refractivity contribution is 0.178. The molecule has 112 valence electrons. The first-order valence-corrected chi connectivity index (χ1v) is 6.70. The van der Waals surface area contributed by atoms with Crippen molar-refractivity contribution in [1.82, 2.24) is 0 Å². The lowest BCUT2D eigenvalue weighted by Crippen LogP contribution is -2.03. The van der Waals surface area contributed by atoms with E-state index in [1.807, 2.05) is 25.1 Å². The molecule has 4 heteroatoms. The smallest absolute Gasteiger partial charge is 0.165 e. The minimum Gasteiger partial charge on any atom is -0.496 e. The van der Waals surface area contributed by atoms with Crippen LogP contribution in [0.5, 0.6) is 11.5 Å². The van der Waals surface area contributed by atoms with Gasteiger partial charge < -0.3 is 14.6 Å². The van der Waals surface area contributed by atoms with Gasteiger partial charge in [-0.05, 0) is 47.9 Å². The predicted octanol–water partition coefficient (Wildman–Crippen LogP) is 3.43. The monoisotopic (exact) mass is 290 g/mol. The van der Waals surface area contributed by atoms with Gasteiger partial charge in [-0.15, -0.1) is 0 Å². The number of hydrogen-bond donors (Lipinski definition) is 1. The van der Waals surface area contributed by atoms with E-state index in [1.165, 1.54) is 13.2 Å². The lowest BCUT2D eigenvalue weighted by Gasteiger charge is -2.14. The minimum absolute atomic E-state index is 0.202. The zero-order chi connectivity index (χ0) is 15.4. The van der Waals surface area contributed by atoms with Crippen molar-refractivity contribution in [2.75, 3.05) is 14.2 Å². The average Bonchev–Trinajstić information content (AvgIpc) is 2.47. The first-order valence-electron chi connectivity index (χ1n) is 6.70. The standard InChI is InChI=1S/C17H19FO3/c1-11-8-13(5-7-16(11)20-2)15(19)10-12-4-6-17(21-3)14(18)9-12/h4-9,15,19H,10H2,1-3H3. The molecule has 0 radical (unpaired) electrons. The summed E-state index contributed by atoms with van der Waals surface area (Å²) in [6.45, 7) is 1.92. The van der Waals surface area contributed by atoms with E-state index in [1.54, 1.807) is 19.2 Å². The number of aliphatic hydroxyl groups is 1. The Bertz CT molecular complexity index is 625. The van der Waals surface area contributed by atoms with Gasteiger partial charge in [-0.1, -0.05) is 12.1 Å². The first kappa shape index (κ1) is 15.3. The number of aryl methyl sites for hydroxylation is 1. The fourth-order valence-electron chi connectivity index (χ4n) is 2.29. The summed E-state index contributed by atoms with van der Waals surface area (Å²) in [5.41, 5.74) is 2.45. The van der Waals surface area contributed by atoms with E-state index in [9.17, 15) is 9.50 Å². The van der Waals surface area contributed by atoms with E-state index in [-0.39, 0.29) is 5.75 Å². The summed E-state index contributed by atoms with van der Waals surface area (Å²) in [4.78, 5) is 0. The van der Waals surface area contributed by atoms with Crippen LogP contribution in [0, 0.1) is 12.7 Å². The van der Waals surface area contributed by atoms with Crippen molar-refractivity contribution in [3.05, 3.63) is 58.9 Å². The van der Waals surface area contributed by atoms with Gasteiger partial charge in [0, 0.05) is 6.42 Å². The number of methoxy groups -OCH3 is 2. The van der Waals surface area contributed by atoms with Crippen molar-refractivity contribution in [3.63, 3.8) is 0 Å². The molecule has 0 saturated carbocycles. The molecule has 21 heavy (non-hydrogen) atoms. The highest BCUT2D eigenvalue weighted by molar-refractivity contribution is 5.38. The van der Waals surface area contributed by atoms with E-state index < -0.39 is 11.9 Å². The fraction of sp³-hybridized carbons (Fsp3) is 0.294. The quantitative estimate of drug-likeness (QED) is 0.917. The molecule has 0 aliphatic rings. The number of benzene rings is 2. The summed E-state index contributed by atoms with van der Waals surface area (Å²) < 4.78 is 23.7. The molecule has 1 atom stereocenters. The van der Waals surface area contributed by atoms with Gasteiger partial charge in [0.1, 0.15) is 5.75 Å². The molecule has 0 aromatic heterocycles. The van der Waals surface area contributed by atoms with Crippen molar-refractivity contribution in [2.24, 2.45) is 0 Å². The Kier molecular flexibility index (Phi) is 4.81. The average molecular weight is 290 g/mol. The van der Waals surface area contributed by atoms with Crippen LogP contribution in [0.1, 0.15) is 22.8 Å². The Labute approximate surface area is 124 Å². The highest BCUT2D eigenvalue weighted by atomic mass is 19.1. The van der Waals surface area contributed by atoms with Gasteiger partial charge in [0.25, 0.3) is 0 Å². The van der Waals surface area contributed by atoms with Crippen molar-refractivity contribution >= 4 is 0 Å². The molecule has 2 aromatic rings. The Morgan fingerprint density at radius 2 is 1.71 bits per heavy atom. The number of ether oxygens (including phenoxy) is 2. The molecule has 0 fully saturated rings. The SMILES string of the molecule is COc1ccc(C(O)Cc2ccc(OC)c(F)c2)cc1C. The highest BCUT2D eigenvalue weighted by Gasteiger charge is 2.12. The van der Waals surface area contributed by atoms with E-state index in [4.69, 9.17) is 9.47 Å². The number of aliphatic hydroxyl groups excluding tert-OH is 1. The molecule has 2 aromatic carbocycles. The fourth-order valence-corrected chi connectivity index (χ4v) is 2.29. The molecule has 2 rings (SSSR count). The van der Waals surface area contributed by atoms with Gasteiger partial charge in [0.15, 0.2) is 11.6 Å². The summed E-state index contributed by atoms with van der Waals surface area (Å²) >= 11 is 0. The van der Waals surface area contributed by atoms with Crippen LogP contribution in [0.15, 0.2) is 36.4 Å². The molecule has 0 saturated heterocycles. The maximum absolute atomic E-state index is 13.6. The van der Waals surface area contributed by atoms with E-state index >= 15 is 0 Å². The molecular weight excluding hydrogens is 271 g/mol. The van der Waals surface area contributed by atoms with Crippen LogP contribution in [0.2, 0.25) is 0 Å². The number of hydrogen-bond acceptors (Lipinski definition) is 3. The third-order valence-corrected chi connectivity index (χ3v) is 3.45. The van der Waals surface area contributed by atoms with Gasteiger partial charge in [-0.2, -0.15) is 0 Å². The molecule has 0 spiro atoms. The predicted molar refractivity (Wildman–Crippen MR) is 79.3 cm³/mol. The zero-order valence-corrected chi connectivity index (χ0v) is 12.4. The molecule has 0 amide bonds. The lowest BCUT2D eigenvalue weighted by atomic mass is 9.99. The van der Waals surface area contributed by atoms with E-state index in [2.05, 4.69) is 0 Å². The highest BCUT2D eigenvalue weighted by Crippen LogP contribution is 2.26. The van der Waals surface area contributed by atoms with Crippen molar-refractivity contribution < 1.29 is 19.0 Å². The summed E-state index contributed by atoms with van der Waals surface area (Å²) in [6.07, 6.45) is -0.352. The van der Waals surface area contributed by atoms with Crippen LogP contribution in [-0.2, 0) is 6.42 Å². The van der Waals surface area contributed by atoms with E-state index in [0.29, 0.717) is 12.0 Å². The van der Waals surface area contributed by atoms with Gasteiger partial charge in [0.05, 0.1) is 20.3 Å². The van der Waals surface area contributed by atoms with Crippen LogP contribution < -0.4 is 9.47 Å². The van der Waals surface area contributed by atoms with Gasteiger partial charge in [-0.3, -0.25) is 0 Å². The second kappa shape index (κ2) is 6.59. The summed E-state index contributed by atoms with van der Waals surface area (Å²) in [7, 11) is 3.03. The topological polar surface area (TPSA) is 38.7 Å². The van der Waals surface area contributed by atoms with Crippen molar-refractivity contribution in [1.29, 1.82) is 0 Å². The molecule has 1 N–H and O–H groups in total. The largest absolute Gasteiger partial charge is 0.496 e. The molecule has 0 aliphatic carbocycles. The van der Waals surface area contributed by atoms with Crippen LogP contribution >= 0.6 is 0 Å². The molecule has 0 aliphatic heterocycles. The Morgan fingerprint density at radius 3 is 2.29 bits per heavy atom. The van der Waals surface area contributed by atoms with Crippen LogP contribution in [0.4, 0.5) is 4.39 Å². The molecular formula is C17H19FO3. The maximum Gasteiger partial charge on any atom is 0.165 e. The third-order valence-electron chi connectivity index (χ3n) is 3.45. The third kappa shape index (κ3) is 3.52. The minimum atomic E-state index is -0.692. The van der Waals surface area contributed by atoms with Gasteiger partial charge in [0.2, 0.25) is 0 Å². The van der Waals surface area contributed by atoms with Gasteiger partial charge in [-0.25, -0.2) is 4.39 Å². The Morgan fingerprint density at radius 1 is 1.05 bits per heavy atom. The molecule has 1 unspecified atom stereocenters. The van der Waals surface area contributed by atoms with Crippen molar-refractivity contribution in [2.45, 2.75) is 19.4 Å². The Balaban J connectivity index is 2.15. The van der Waals surface area contributed by atoms with Crippen LogP contribution in [0.25, 0.3) is 0 Å². The first-order chi connectivity index (χ1) is 10.0. The van der Waals surface area contributed by atoms with Crippen LogP contribution in [-0.4, -0.2) is 19.3 Å². The number of halogens is 1. The second-order valence-electron chi connectivity index (χ2n) is 4.92. The second-order valence-corrected chi connectivity index (χ2v) is 4.92. The summed E-state index contributed by atoms with van der Waals surface area (Å²) in [5.74, 6) is 0.558. The molecule has 0 heterocycles. The summed E-state index contributed by atoms with van der Waals surface area (Å²) in [6, 6.07) is 10.2. The Hall–Kier alpha value is -2.07. The zero-order valence-electron chi connectivity index (χ0n) is 12.4. The maximum atomic E-state index is 13.6. The van der Waals surface area contributed by atoms with Crippen molar-refractivity contribution in [3.8, 4) is 11.5 Å². The number of rotatable bonds is 5. The molecule has 0 bridgehead atoms. The molecule has 3 nitrogen and oxygen atoms in total. The normalized spacial score (nSPS) is 12.0. The van der Waals surface area contributed by atoms with Crippen LogP contribution in [0.3, 0.4) is 0 Å². The van der Waals surface area contributed by atoms with Gasteiger partial charge >= 0.3 is 0 Å².